The maximum Gasteiger partial charge on any atom is 0.407 e. The number of piperidine rings is 1. The van der Waals surface area contributed by atoms with Gasteiger partial charge in [-0.25, -0.2) is 4.79 Å². The highest BCUT2D eigenvalue weighted by atomic mass is 16.5. The molecule has 1 saturated heterocycles. The van der Waals surface area contributed by atoms with Crippen LogP contribution in [0.15, 0.2) is 0 Å². The van der Waals surface area contributed by atoms with E-state index in [9.17, 15) is 9.59 Å². The summed E-state index contributed by atoms with van der Waals surface area (Å²) in [6.45, 7) is 8.70. The van der Waals surface area contributed by atoms with Crippen molar-refractivity contribution in [1.82, 2.24) is 10.2 Å². The largest absolute Gasteiger partial charge is 0.469 e. The number of nitrogens with zero attached hydrogens (tertiary/aromatic N) is 1. The molecule has 2 atom stereocenters. The fourth-order valence-corrected chi connectivity index (χ4v) is 2.64. The second-order valence-corrected chi connectivity index (χ2v) is 5.63. The van der Waals surface area contributed by atoms with Crippen LogP contribution in [0.2, 0.25) is 0 Å². The van der Waals surface area contributed by atoms with Crippen LogP contribution in [0.3, 0.4) is 0 Å². The van der Waals surface area contributed by atoms with Crippen molar-refractivity contribution in [2.45, 2.75) is 33.2 Å². The van der Waals surface area contributed by atoms with E-state index in [1.807, 2.05) is 0 Å². The number of methoxy groups -OCH3 is 1. The third-order valence-electron chi connectivity index (χ3n) is 3.28. The standard InChI is InChI=1S/C14H26N2O4/c1-5-20-14(18)15-12-6-11(13(17)19-4)8-16(9-12)7-10(2)3/h10-12H,5-9H2,1-4H3,(H,15,18). The zero-order valence-corrected chi connectivity index (χ0v) is 12.8. The van der Waals surface area contributed by atoms with Gasteiger partial charge >= 0.3 is 12.1 Å². The van der Waals surface area contributed by atoms with Gasteiger partial charge < -0.3 is 19.7 Å². The Morgan fingerprint density at radius 1 is 1.35 bits per heavy atom. The number of carbonyl (C=O) groups excluding carboxylic acids is 2. The fourth-order valence-electron chi connectivity index (χ4n) is 2.64. The highest BCUT2D eigenvalue weighted by Gasteiger charge is 2.33. The summed E-state index contributed by atoms with van der Waals surface area (Å²) in [6.07, 6.45) is 0.174. The van der Waals surface area contributed by atoms with Crippen molar-refractivity contribution >= 4 is 12.1 Å². The smallest absolute Gasteiger partial charge is 0.407 e. The van der Waals surface area contributed by atoms with Crippen LogP contribution in [0.25, 0.3) is 0 Å². The molecule has 6 heteroatoms. The van der Waals surface area contributed by atoms with Gasteiger partial charge in [-0.1, -0.05) is 13.8 Å². The van der Waals surface area contributed by atoms with Gasteiger partial charge in [0.15, 0.2) is 0 Å². The van der Waals surface area contributed by atoms with E-state index in [4.69, 9.17) is 9.47 Å². The van der Waals surface area contributed by atoms with Crippen molar-refractivity contribution in [2.24, 2.45) is 11.8 Å². The number of hydrogen-bond donors (Lipinski definition) is 1. The van der Waals surface area contributed by atoms with Crippen LogP contribution in [0.5, 0.6) is 0 Å². The molecule has 116 valence electrons. The molecule has 0 aromatic rings. The van der Waals surface area contributed by atoms with Gasteiger partial charge in [-0.3, -0.25) is 4.79 Å². The normalized spacial score (nSPS) is 23.4. The molecule has 20 heavy (non-hydrogen) atoms. The Balaban J connectivity index is 2.63. The summed E-state index contributed by atoms with van der Waals surface area (Å²) in [4.78, 5) is 25.5. The molecule has 0 spiro atoms. The third kappa shape index (κ3) is 5.36. The summed E-state index contributed by atoms with van der Waals surface area (Å²) in [5.41, 5.74) is 0. The van der Waals surface area contributed by atoms with E-state index >= 15 is 0 Å². The van der Waals surface area contributed by atoms with Crippen molar-refractivity contribution in [2.75, 3.05) is 33.4 Å². The number of ether oxygens (including phenoxy) is 2. The maximum absolute atomic E-state index is 11.8. The number of rotatable bonds is 5. The summed E-state index contributed by atoms with van der Waals surface area (Å²) in [6, 6.07) is -0.0781. The first-order chi connectivity index (χ1) is 9.46. The van der Waals surface area contributed by atoms with E-state index in [1.54, 1.807) is 6.92 Å². The van der Waals surface area contributed by atoms with E-state index in [1.165, 1.54) is 7.11 Å². The average molecular weight is 286 g/mol. The summed E-state index contributed by atoms with van der Waals surface area (Å²) >= 11 is 0. The predicted octanol–water partition coefficient (Wildman–Crippen LogP) is 1.25. The minimum Gasteiger partial charge on any atom is -0.469 e. The van der Waals surface area contributed by atoms with Crippen molar-refractivity contribution in [3.05, 3.63) is 0 Å². The van der Waals surface area contributed by atoms with Gasteiger partial charge in [0.1, 0.15) is 0 Å². The molecule has 1 heterocycles. The van der Waals surface area contributed by atoms with Gasteiger partial charge in [0.05, 0.1) is 19.6 Å². The number of esters is 1. The number of amides is 1. The van der Waals surface area contributed by atoms with Crippen molar-refractivity contribution in [3.63, 3.8) is 0 Å². The van der Waals surface area contributed by atoms with Gasteiger partial charge in [0, 0.05) is 25.7 Å². The lowest BCUT2D eigenvalue weighted by Crippen LogP contribution is -2.53. The van der Waals surface area contributed by atoms with Crippen LogP contribution in [-0.2, 0) is 14.3 Å². The maximum atomic E-state index is 11.8. The molecule has 0 radical (unpaired) electrons. The van der Waals surface area contributed by atoms with Gasteiger partial charge in [-0.15, -0.1) is 0 Å². The molecule has 1 rings (SSSR count). The van der Waals surface area contributed by atoms with Gasteiger partial charge in [-0.2, -0.15) is 0 Å². The molecular weight excluding hydrogens is 260 g/mol. The van der Waals surface area contributed by atoms with Crippen LogP contribution in [0, 0.1) is 11.8 Å². The van der Waals surface area contributed by atoms with Gasteiger partial charge in [-0.05, 0) is 19.3 Å². The number of alkyl carbamates (subject to hydrolysis) is 1. The fraction of sp³-hybridized carbons (Fsp3) is 0.857. The first-order valence-electron chi connectivity index (χ1n) is 7.19. The molecule has 6 nitrogen and oxygen atoms in total. The summed E-state index contributed by atoms with van der Waals surface area (Å²) in [7, 11) is 1.40. The minimum absolute atomic E-state index is 0.0781. The van der Waals surface area contributed by atoms with E-state index in [2.05, 4.69) is 24.1 Å². The zero-order valence-electron chi connectivity index (χ0n) is 12.8. The van der Waals surface area contributed by atoms with Crippen molar-refractivity contribution < 1.29 is 19.1 Å². The summed E-state index contributed by atoms with van der Waals surface area (Å²) in [5.74, 6) is 0.100. The Kier molecular flexibility index (Phi) is 6.78. The third-order valence-corrected chi connectivity index (χ3v) is 3.28. The highest BCUT2D eigenvalue weighted by Crippen LogP contribution is 2.19. The molecule has 1 aliphatic rings. The van der Waals surface area contributed by atoms with E-state index < -0.39 is 6.09 Å². The molecule has 0 aliphatic carbocycles. The number of hydrogen-bond acceptors (Lipinski definition) is 5. The van der Waals surface area contributed by atoms with Crippen molar-refractivity contribution in [1.29, 1.82) is 0 Å². The second kappa shape index (κ2) is 8.09. The van der Waals surface area contributed by atoms with Gasteiger partial charge in [0.25, 0.3) is 0 Å². The molecule has 0 bridgehead atoms. The molecule has 1 N–H and O–H groups in total. The Labute approximate surface area is 120 Å². The first kappa shape index (κ1) is 16.8. The molecule has 0 saturated carbocycles. The highest BCUT2D eigenvalue weighted by molar-refractivity contribution is 5.73. The number of nitrogens with one attached hydrogen (secondary N) is 1. The van der Waals surface area contributed by atoms with Crippen LogP contribution in [0.1, 0.15) is 27.2 Å². The molecule has 2 unspecified atom stereocenters. The Bertz CT molecular complexity index is 333. The Morgan fingerprint density at radius 3 is 2.60 bits per heavy atom. The van der Waals surface area contributed by atoms with Gasteiger partial charge in [0.2, 0.25) is 0 Å². The lowest BCUT2D eigenvalue weighted by atomic mass is 9.93. The quantitative estimate of drug-likeness (QED) is 0.770. The zero-order chi connectivity index (χ0) is 15.1. The van der Waals surface area contributed by atoms with Crippen LogP contribution >= 0.6 is 0 Å². The van der Waals surface area contributed by atoms with E-state index in [0.717, 1.165) is 13.1 Å². The Hall–Kier alpha value is -1.30. The topological polar surface area (TPSA) is 67.9 Å². The van der Waals surface area contributed by atoms with Crippen molar-refractivity contribution in [3.8, 4) is 0 Å². The first-order valence-corrected chi connectivity index (χ1v) is 7.19. The minimum atomic E-state index is -0.424. The van der Waals surface area contributed by atoms with Crippen LogP contribution < -0.4 is 5.32 Å². The van der Waals surface area contributed by atoms with Crippen LogP contribution in [-0.4, -0.2) is 56.4 Å². The molecule has 1 aliphatic heterocycles. The summed E-state index contributed by atoms with van der Waals surface area (Å²) in [5, 5.41) is 2.82. The van der Waals surface area contributed by atoms with E-state index in [-0.39, 0.29) is 17.9 Å². The monoisotopic (exact) mass is 286 g/mol. The molecule has 0 aromatic carbocycles. The average Bonchev–Trinajstić information content (AvgIpc) is 2.36. The lowest BCUT2D eigenvalue weighted by molar-refractivity contribution is -0.147. The summed E-state index contributed by atoms with van der Waals surface area (Å²) < 4.78 is 9.73. The molecular formula is C14H26N2O4. The predicted molar refractivity (Wildman–Crippen MR) is 75.3 cm³/mol. The molecule has 1 fully saturated rings. The molecule has 0 aromatic heterocycles. The molecule has 1 amide bonds. The lowest BCUT2D eigenvalue weighted by Gasteiger charge is -2.37. The number of carbonyl (C=O) groups is 2. The second-order valence-electron chi connectivity index (χ2n) is 5.63. The number of likely N-dealkylation sites (tertiary alicyclic amines) is 1. The SMILES string of the molecule is CCOC(=O)NC1CC(C(=O)OC)CN(CC(C)C)C1. The Morgan fingerprint density at radius 2 is 2.05 bits per heavy atom. The van der Waals surface area contributed by atoms with Crippen LogP contribution in [0.4, 0.5) is 4.79 Å². The van der Waals surface area contributed by atoms with E-state index in [0.29, 0.717) is 25.5 Å².